The highest BCUT2D eigenvalue weighted by Crippen LogP contribution is 2.28. The Balaban J connectivity index is 2.02. The molecule has 0 aromatic heterocycles. The van der Waals surface area contributed by atoms with Gasteiger partial charge in [0.25, 0.3) is 5.91 Å². The first kappa shape index (κ1) is 18.6. The van der Waals surface area contributed by atoms with Crippen molar-refractivity contribution in [2.75, 3.05) is 7.11 Å². The lowest BCUT2D eigenvalue weighted by atomic mass is 10.1. The zero-order chi connectivity index (χ0) is 18.4. The Hall–Kier alpha value is -2.73. The quantitative estimate of drug-likeness (QED) is 0.610. The van der Waals surface area contributed by atoms with E-state index in [-0.39, 0.29) is 5.75 Å². The number of nitrogens with one attached hydrogen (secondary N) is 1. The van der Waals surface area contributed by atoms with Crippen LogP contribution in [-0.4, -0.2) is 29.9 Å². The van der Waals surface area contributed by atoms with E-state index in [1.165, 1.54) is 13.3 Å². The van der Waals surface area contributed by atoms with Crippen molar-refractivity contribution in [3.05, 3.63) is 53.1 Å². The number of para-hydroxylation sites is 1. The maximum Gasteiger partial charge on any atom is 0.283 e. The first-order valence-electron chi connectivity index (χ1n) is 7.47. The minimum absolute atomic E-state index is 0.0559. The van der Waals surface area contributed by atoms with Crippen LogP contribution >= 0.6 is 11.6 Å². The number of hydrazone groups is 1. The monoisotopic (exact) mass is 362 g/mol. The summed E-state index contributed by atoms with van der Waals surface area (Å²) in [5.41, 5.74) is 1.66. The molecule has 0 saturated carbocycles. The summed E-state index contributed by atoms with van der Waals surface area (Å²) in [6, 6.07) is 11.7. The van der Waals surface area contributed by atoms with Gasteiger partial charge in [0.15, 0.2) is 17.1 Å². The second-order valence-corrected chi connectivity index (χ2v) is 6.10. The Kier molecular flexibility index (Phi) is 5.88. The van der Waals surface area contributed by atoms with Crippen molar-refractivity contribution in [2.45, 2.75) is 19.4 Å². The number of halogens is 1. The van der Waals surface area contributed by atoms with Crippen molar-refractivity contribution in [1.82, 2.24) is 5.43 Å². The fourth-order valence-corrected chi connectivity index (χ4v) is 2.07. The zero-order valence-corrected chi connectivity index (χ0v) is 14.9. The average Bonchev–Trinajstić information content (AvgIpc) is 2.58. The number of rotatable bonds is 6. The van der Waals surface area contributed by atoms with Crippen molar-refractivity contribution in [3.8, 4) is 17.2 Å². The van der Waals surface area contributed by atoms with Gasteiger partial charge in [0.2, 0.25) is 0 Å². The van der Waals surface area contributed by atoms with Crippen LogP contribution in [0.2, 0.25) is 5.02 Å². The van der Waals surface area contributed by atoms with E-state index in [1.54, 1.807) is 56.3 Å². The van der Waals surface area contributed by atoms with Crippen LogP contribution in [-0.2, 0) is 4.79 Å². The van der Waals surface area contributed by atoms with Gasteiger partial charge in [0.1, 0.15) is 5.75 Å². The molecule has 7 heteroatoms. The minimum Gasteiger partial charge on any atom is -0.504 e. The number of methoxy groups -OCH3 is 1. The summed E-state index contributed by atoms with van der Waals surface area (Å²) >= 11 is 5.82. The molecule has 0 aliphatic rings. The van der Waals surface area contributed by atoms with Crippen LogP contribution in [0.3, 0.4) is 0 Å². The summed E-state index contributed by atoms with van der Waals surface area (Å²) in [5.74, 6) is 0.335. The van der Waals surface area contributed by atoms with Crippen molar-refractivity contribution in [2.24, 2.45) is 5.10 Å². The first-order valence-corrected chi connectivity index (χ1v) is 7.85. The Morgan fingerprint density at radius 3 is 2.56 bits per heavy atom. The third-order valence-electron chi connectivity index (χ3n) is 3.35. The molecule has 2 aromatic rings. The molecule has 132 valence electrons. The van der Waals surface area contributed by atoms with Crippen molar-refractivity contribution in [1.29, 1.82) is 0 Å². The molecule has 0 radical (unpaired) electrons. The summed E-state index contributed by atoms with van der Waals surface area (Å²) in [6.07, 6.45) is 1.33. The number of hydrogen-bond donors (Lipinski definition) is 2. The summed E-state index contributed by atoms with van der Waals surface area (Å²) in [4.78, 5) is 12.3. The van der Waals surface area contributed by atoms with E-state index in [9.17, 15) is 9.90 Å². The van der Waals surface area contributed by atoms with E-state index < -0.39 is 11.5 Å². The van der Waals surface area contributed by atoms with Gasteiger partial charge in [-0.2, -0.15) is 5.10 Å². The predicted octanol–water partition coefficient (Wildman–Crippen LogP) is 3.36. The lowest BCUT2D eigenvalue weighted by Crippen LogP contribution is -2.44. The van der Waals surface area contributed by atoms with Crippen LogP contribution in [0, 0.1) is 0 Å². The largest absolute Gasteiger partial charge is 0.504 e. The summed E-state index contributed by atoms with van der Waals surface area (Å²) in [5, 5.41) is 14.4. The van der Waals surface area contributed by atoms with Gasteiger partial charge in [0, 0.05) is 10.6 Å². The molecule has 0 aliphatic heterocycles. The second-order valence-electron chi connectivity index (χ2n) is 5.66. The predicted molar refractivity (Wildman–Crippen MR) is 96.6 cm³/mol. The number of carbonyl (C=O) groups excluding carboxylic acids is 1. The van der Waals surface area contributed by atoms with Gasteiger partial charge < -0.3 is 14.6 Å². The van der Waals surface area contributed by atoms with E-state index in [0.29, 0.717) is 22.1 Å². The number of aromatic hydroxyl groups is 1. The molecule has 0 atom stereocenters. The fraction of sp³-hybridized carbons (Fsp3) is 0.222. The second kappa shape index (κ2) is 7.90. The van der Waals surface area contributed by atoms with Gasteiger partial charge in [-0.05, 0) is 50.2 Å². The molecule has 2 aromatic carbocycles. The molecule has 0 bridgehead atoms. The molecule has 0 spiro atoms. The van der Waals surface area contributed by atoms with Crippen LogP contribution in [0.5, 0.6) is 17.2 Å². The zero-order valence-electron chi connectivity index (χ0n) is 14.1. The van der Waals surface area contributed by atoms with Crippen LogP contribution < -0.4 is 14.9 Å². The molecule has 25 heavy (non-hydrogen) atoms. The lowest BCUT2D eigenvalue weighted by molar-refractivity contribution is -0.134. The highest BCUT2D eigenvalue weighted by Gasteiger charge is 2.29. The van der Waals surface area contributed by atoms with E-state index in [4.69, 9.17) is 21.1 Å². The summed E-state index contributed by atoms with van der Waals surface area (Å²) in [6.45, 7) is 3.24. The molecule has 0 fully saturated rings. The third-order valence-corrected chi connectivity index (χ3v) is 3.61. The molecule has 0 unspecified atom stereocenters. The van der Waals surface area contributed by atoms with E-state index in [1.807, 2.05) is 0 Å². The summed E-state index contributed by atoms with van der Waals surface area (Å²) in [7, 11) is 1.45. The highest BCUT2D eigenvalue weighted by molar-refractivity contribution is 6.30. The number of hydrogen-bond acceptors (Lipinski definition) is 5. The molecule has 0 saturated heterocycles. The Morgan fingerprint density at radius 2 is 1.92 bits per heavy atom. The SMILES string of the molecule is COc1cccc(/C=N/NC(=O)C(C)(C)Oc2ccc(Cl)cc2)c1O. The molecule has 2 rings (SSSR count). The third kappa shape index (κ3) is 4.87. The molecule has 1 amide bonds. The first-order chi connectivity index (χ1) is 11.8. The molecular weight excluding hydrogens is 344 g/mol. The van der Waals surface area contributed by atoms with E-state index in [0.717, 1.165) is 0 Å². The fourth-order valence-electron chi connectivity index (χ4n) is 1.95. The van der Waals surface area contributed by atoms with Gasteiger partial charge in [0.05, 0.1) is 13.3 Å². The van der Waals surface area contributed by atoms with Crippen molar-refractivity contribution in [3.63, 3.8) is 0 Å². The number of amides is 1. The maximum absolute atomic E-state index is 12.3. The number of nitrogens with zero attached hydrogens (tertiary/aromatic N) is 1. The average molecular weight is 363 g/mol. The van der Waals surface area contributed by atoms with Crippen LogP contribution in [0.15, 0.2) is 47.6 Å². The standard InChI is InChI=1S/C18H19ClN2O4/c1-18(2,25-14-9-7-13(19)8-10-14)17(23)21-20-11-12-5-4-6-15(24-3)16(12)22/h4-11,22H,1-3H3,(H,21,23)/b20-11+. The molecule has 2 N–H and O–H groups in total. The molecule has 6 nitrogen and oxygen atoms in total. The highest BCUT2D eigenvalue weighted by atomic mass is 35.5. The Morgan fingerprint density at radius 1 is 1.24 bits per heavy atom. The topological polar surface area (TPSA) is 80.2 Å². The van der Waals surface area contributed by atoms with Gasteiger partial charge >= 0.3 is 0 Å². The van der Waals surface area contributed by atoms with Gasteiger partial charge in [-0.1, -0.05) is 17.7 Å². The van der Waals surface area contributed by atoms with E-state index >= 15 is 0 Å². The van der Waals surface area contributed by atoms with Crippen LogP contribution in [0.25, 0.3) is 0 Å². The molecular formula is C18H19ClN2O4. The Bertz CT molecular complexity index is 773. The smallest absolute Gasteiger partial charge is 0.283 e. The number of ether oxygens (including phenoxy) is 2. The Labute approximate surface area is 151 Å². The number of carbonyl (C=O) groups is 1. The van der Waals surface area contributed by atoms with E-state index in [2.05, 4.69) is 10.5 Å². The van der Waals surface area contributed by atoms with Crippen LogP contribution in [0.1, 0.15) is 19.4 Å². The van der Waals surface area contributed by atoms with Gasteiger partial charge in [-0.25, -0.2) is 5.43 Å². The maximum atomic E-state index is 12.3. The van der Waals surface area contributed by atoms with Crippen LogP contribution in [0.4, 0.5) is 0 Å². The summed E-state index contributed by atoms with van der Waals surface area (Å²) < 4.78 is 10.7. The lowest BCUT2D eigenvalue weighted by Gasteiger charge is -2.24. The van der Waals surface area contributed by atoms with Gasteiger partial charge in [-0.3, -0.25) is 4.79 Å². The number of benzene rings is 2. The minimum atomic E-state index is -1.15. The molecule has 0 heterocycles. The number of phenolic OH excluding ortho intramolecular Hbond substituents is 1. The van der Waals surface area contributed by atoms with Crippen molar-refractivity contribution >= 4 is 23.7 Å². The number of phenols is 1. The molecule has 0 aliphatic carbocycles. The normalized spacial score (nSPS) is 11.4. The van der Waals surface area contributed by atoms with Crippen molar-refractivity contribution < 1.29 is 19.4 Å². The van der Waals surface area contributed by atoms with Gasteiger partial charge in [-0.15, -0.1) is 0 Å².